The molecule has 2 fully saturated rings. The lowest BCUT2D eigenvalue weighted by molar-refractivity contribution is -0.157. The van der Waals surface area contributed by atoms with Crippen molar-refractivity contribution in [2.75, 3.05) is 20.2 Å². The molecule has 0 spiro atoms. The molecular weight excluding hydrogens is 294 g/mol. The van der Waals surface area contributed by atoms with Gasteiger partial charge in [0.25, 0.3) is 0 Å². The lowest BCUT2D eigenvalue weighted by atomic mass is 9.72. The van der Waals surface area contributed by atoms with Crippen molar-refractivity contribution < 1.29 is 19.4 Å². The van der Waals surface area contributed by atoms with Crippen LogP contribution in [0, 0.1) is 11.8 Å². The molecule has 5 nitrogen and oxygen atoms in total. The topological polar surface area (TPSA) is 66.8 Å². The summed E-state index contributed by atoms with van der Waals surface area (Å²) >= 11 is 0. The van der Waals surface area contributed by atoms with Crippen molar-refractivity contribution in [3.8, 4) is 5.75 Å². The van der Waals surface area contributed by atoms with Crippen LogP contribution in [0.1, 0.15) is 37.2 Å². The number of aliphatic carboxylic acids is 1. The van der Waals surface area contributed by atoms with Gasteiger partial charge in [-0.3, -0.25) is 9.59 Å². The fourth-order valence-corrected chi connectivity index (χ4v) is 3.65. The molecule has 2 unspecified atom stereocenters. The minimum atomic E-state index is -0.833. The van der Waals surface area contributed by atoms with Gasteiger partial charge in [-0.15, -0.1) is 0 Å². The van der Waals surface area contributed by atoms with E-state index >= 15 is 0 Å². The summed E-state index contributed by atoms with van der Waals surface area (Å²) in [4.78, 5) is 25.4. The fourth-order valence-electron chi connectivity index (χ4n) is 3.65. The van der Waals surface area contributed by atoms with Gasteiger partial charge < -0.3 is 14.7 Å². The molecule has 23 heavy (non-hydrogen) atoms. The van der Waals surface area contributed by atoms with Crippen molar-refractivity contribution >= 4 is 11.9 Å². The van der Waals surface area contributed by atoms with Gasteiger partial charge in [0, 0.05) is 13.1 Å². The quantitative estimate of drug-likeness (QED) is 0.926. The van der Waals surface area contributed by atoms with Crippen molar-refractivity contribution in [2.24, 2.45) is 11.8 Å². The first-order chi connectivity index (χ1) is 11.1. The van der Waals surface area contributed by atoms with Crippen LogP contribution in [-0.4, -0.2) is 42.1 Å². The second kappa shape index (κ2) is 6.60. The number of benzene rings is 1. The third-order valence-electron chi connectivity index (χ3n) is 5.28. The minimum absolute atomic E-state index is 0.0349. The smallest absolute Gasteiger partial charge is 0.307 e. The minimum Gasteiger partial charge on any atom is -0.497 e. The molecule has 1 aliphatic carbocycles. The van der Waals surface area contributed by atoms with Crippen molar-refractivity contribution in [3.05, 3.63) is 29.8 Å². The average Bonchev–Trinajstić information content (AvgIpc) is 2.53. The molecular formula is C18H23NO4. The second-order valence-corrected chi connectivity index (χ2v) is 6.50. The van der Waals surface area contributed by atoms with Crippen LogP contribution in [0.3, 0.4) is 0 Å². The Kier molecular flexibility index (Phi) is 4.55. The number of amides is 1. The highest BCUT2D eigenvalue weighted by atomic mass is 16.5. The summed E-state index contributed by atoms with van der Waals surface area (Å²) in [6, 6.07) is 8.11. The summed E-state index contributed by atoms with van der Waals surface area (Å²) in [5, 5.41) is 9.11. The molecule has 1 saturated carbocycles. The number of methoxy groups -OCH3 is 1. The Morgan fingerprint density at radius 1 is 1.13 bits per heavy atom. The molecule has 0 bridgehead atoms. The summed E-state index contributed by atoms with van der Waals surface area (Å²) in [7, 11) is 1.66. The zero-order valence-electron chi connectivity index (χ0n) is 13.4. The third kappa shape index (κ3) is 3.19. The third-order valence-corrected chi connectivity index (χ3v) is 5.28. The first-order valence-corrected chi connectivity index (χ1v) is 8.25. The molecule has 2 aliphatic rings. The van der Waals surface area contributed by atoms with Gasteiger partial charge in [0.05, 0.1) is 18.9 Å². The molecule has 1 heterocycles. The number of hydrogen-bond acceptors (Lipinski definition) is 3. The van der Waals surface area contributed by atoms with E-state index in [0.29, 0.717) is 31.8 Å². The molecule has 3 rings (SSSR count). The van der Waals surface area contributed by atoms with E-state index in [9.17, 15) is 9.59 Å². The molecule has 2 atom stereocenters. The van der Waals surface area contributed by atoms with E-state index < -0.39 is 11.9 Å². The number of carboxylic acid groups (broad SMARTS) is 1. The predicted octanol–water partition coefficient (Wildman–Crippen LogP) is 2.51. The highest BCUT2D eigenvalue weighted by Crippen LogP contribution is 2.37. The van der Waals surface area contributed by atoms with E-state index in [0.717, 1.165) is 18.6 Å². The maximum Gasteiger partial charge on any atom is 0.307 e. The Morgan fingerprint density at radius 3 is 2.39 bits per heavy atom. The Balaban J connectivity index is 1.58. The van der Waals surface area contributed by atoms with Gasteiger partial charge in [-0.05, 0) is 49.3 Å². The van der Waals surface area contributed by atoms with Crippen LogP contribution in [0.4, 0.5) is 0 Å². The molecule has 1 aromatic carbocycles. The molecule has 124 valence electrons. The lowest BCUT2D eigenvalue weighted by Gasteiger charge is -2.39. The number of carboxylic acids is 1. The van der Waals surface area contributed by atoms with E-state index in [4.69, 9.17) is 9.84 Å². The largest absolute Gasteiger partial charge is 0.497 e. The highest BCUT2D eigenvalue weighted by molar-refractivity contribution is 5.86. The Labute approximate surface area is 136 Å². The standard InChI is InChI=1S/C18H23NO4/c1-23-14-4-2-3-13(11-14)12-7-9-19(10-8-12)17(20)15-5-6-16(15)18(21)22/h2-4,11-12,15-16H,5-10H2,1H3,(H,21,22). The van der Waals surface area contributed by atoms with Crippen LogP contribution >= 0.6 is 0 Å². The summed E-state index contributed by atoms with van der Waals surface area (Å²) in [5.74, 6) is -0.279. The van der Waals surface area contributed by atoms with E-state index in [1.165, 1.54) is 5.56 Å². The summed E-state index contributed by atoms with van der Waals surface area (Å²) in [6.45, 7) is 1.42. The molecule has 5 heteroatoms. The van der Waals surface area contributed by atoms with Gasteiger partial charge in [0.2, 0.25) is 5.91 Å². The zero-order chi connectivity index (χ0) is 16.4. The normalized spacial score (nSPS) is 24.8. The van der Waals surface area contributed by atoms with Crippen LogP contribution in [-0.2, 0) is 9.59 Å². The van der Waals surface area contributed by atoms with Crippen LogP contribution in [0.25, 0.3) is 0 Å². The molecule has 0 radical (unpaired) electrons. The number of piperidine rings is 1. The van der Waals surface area contributed by atoms with E-state index in [1.807, 2.05) is 17.0 Å². The lowest BCUT2D eigenvalue weighted by Crippen LogP contribution is -2.48. The Bertz CT molecular complexity index is 592. The van der Waals surface area contributed by atoms with Crippen molar-refractivity contribution in [2.45, 2.75) is 31.6 Å². The SMILES string of the molecule is COc1cccc(C2CCN(C(=O)C3CCC3C(=O)O)CC2)c1. The highest BCUT2D eigenvalue weighted by Gasteiger charge is 2.43. The fraction of sp³-hybridized carbons (Fsp3) is 0.556. The van der Waals surface area contributed by atoms with Crippen molar-refractivity contribution in [1.29, 1.82) is 0 Å². The van der Waals surface area contributed by atoms with Gasteiger partial charge in [0.15, 0.2) is 0 Å². The number of likely N-dealkylation sites (tertiary alicyclic amines) is 1. The number of rotatable bonds is 4. The first-order valence-electron chi connectivity index (χ1n) is 8.25. The molecule has 0 aromatic heterocycles. The molecule has 1 aliphatic heterocycles. The maximum atomic E-state index is 12.5. The van der Waals surface area contributed by atoms with Crippen molar-refractivity contribution in [3.63, 3.8) is 0 Å². The van der Waals surface area contributed by atoms with Gasteiger partial charge in [-0.25, -0.2) is 0 Å². The number of nitrogens with zero attached hydrogens (tertiary/aromatic N) is 1. The Morgan fingerprint density at radius 2 is 1.83 bits per heavy atom. The molecule has 1 aromatic rings. The van der Waals surface area contributed by atoms with Gasteiger partial charge in [0.1, 0.15) is 5.75 Å². The van der Waals surface area contributed by atoms with Gasteiger partial charge in [-0.1, -0.05) is 12.1 Å². The molecule has 1 saturated heterocycles. The number of hydrogen-bond donors (Lipinski definition) is 1. The summed E-state index contributed by atoms with van der Waals surface area (Å²) in [5.41, 5.74) is 1.25. The number of carbonyl (C=O) groups excluding carboxylic acids is 1. The molecule has 1 amide bonds. The van der Waals surface area contributed by atoms with Gasteiger partial charge in [-0.2, -0.15) is 0 Å². The van der Waals surface area contributed by atoms with Crippen LogP contribution in [0.5, 0.6) is 5.75 Å². The van der Waals surface area contributed by atoms with Crippen LogP contribution in [0.15, 0.2) is 24.3 Å². The first kappa shape index (κ1) is 15.8. The number of carbonyl (C=O) groups is 2. The van der Waals surface area contributed by atoms with E-state index in [2.05, 4.69) is 12.1 Å². The average molecular weight is 317 g/mol. The number of ether oxygens (including phenoxy) is 1. The summed E-state index contributed by atoms with van der Waals surface area (Å²) in [6.07, 6.45) is 3.18. The molecule has 1 N–H and O–H groups in total. The Hall–Kier alpha value is -2.04. The van der Waals surface area contributed by atoms with Crippen molar-refractivity contribution in [1.82, 2.24) is 4.90 Å². The van der Waals surface area contributed by atoms with Crippen LogP contribution < -0.4 is 4.74 Å². The zero-order valence-corrected chi connectivity index (χ0v) is 13.4. The summed E-state index contributed by atoms with van der Waals surface area (Å²) < 4.78 is 5.27. The van der Waals surface area contributed by atoms with E-state index in [1.54, 1.807) is 7.11 Å². The second-order valence-electron chi connectivity index (χ2n) is 6.50. The van der Waals surface area contributed by atoms with Gasteiger partial charge >= 0.3 is 5.97 Å². The van der Waals surface area contributed by atoms with Crippen LogP contribution in [0.2, 0.25) is 0 Å². The monoisotopic (exact) mass is 317 g/mol. The maximum absolute atomic E-state index is 12.5. The predicted molar refractivity (Wildman–Crippen MR) is 85.4 cm³/mol. The van der Waals surface area contributed by atoms with E-state index in [-0.39, 0.29) is 11.8 Å².